The fourth-order valence-corrected chi connectivity index (χ4v) is 3.77. The van der Waals surface area contributed by atoms with Gasteiger partial charge in [-0.2, -0.15) is 0 Å². The summed E-state index contributed by atoms with van der Waals surface area (Å²) in [4.78, 5) is 26.6. The molecule has 0 fully saturated rings. The Balaban J connectivity index is 1.80. The number of fused-ring (bicyclic) bond motifs is 1. The maximum Gasteiger partial charge on any atom is 0.333 e. The Morgan fingerprint density at radius 2 is 1.79 bits per heavy atom. The third kappa shape index (κ3) is 6.58. The maximum atomic E-state index is 12.7. The SMILES string of the molecule is C/C=C/C(=O)N1CCC(C(=O)OC)=Cc2cc(-c3ccc(OCCOCCCC)cc3)ccc21. The van der Waals surface area contributed by atoms with Crippen LogP contribution >= 0.6 is 0 Å². The van der Waals surface area contributed by atoms with Crippen LogP contribution in [0.2, 0.25) is 0 Å². The van der Waals surface area contributed by atoms with E-state index in [4.69, 9.17) is 14.2 Å². The number of amides is 1. The molecule has 0 N–H and O–H groups in total. The lowest BCUT2D eigenvalue weighted by Gasteiger charge is -2.22. The van der Waals surface area contributed by atoms with Gasteiger partial charge in [0, 0.05) is 18.7 Å². The number of methoxy groups -OCH3 is 1. The third-order valence-electron chi connectivity index (χ3n) is 5.60. The standard InChI is InChI=1S/C28H33NO5/c1-4-6-16-33-17-18-34-25-11-8-21(9-12-25)22-10-13-26-24(19-22)20-23(28(31)32-3)14-15-29(26)27(30)7-5-2/h5,7-13,19-20H,4,6,14-18H2,1-3H3/b7-5+. The van der Waals surface area contributed by atoms with Crippen LogP contribution in [0.4, 0.5) is 5.69 Å². The second-order valence-electron chi connectivity index (χ2n) is 8.01. The number of allylic oxidation sites excluding steroid dienone is 1. The smallest absolute Gasteiger partial charge is 0.333 e. The van der Waals surface area contributed by atoms with Crippen LogP contribution in [-0.2, 0) is 19.1 Å². The number of benzene rings is 2. The number of rotatable bonds is 10. The van der Waals surface area contributed by atoms with Gasteiger partial charge in [-0.15, -0.1) is 0 Å². The maximum absolute atomic E-state index is 12.7. The first kappa shape index (κ1) is 25.2. The summed E-state index contributed by atoms with van der Waals surface area (Å²) in [5.74, 6) is 0.293. The van der Waals surface area contributed by atoms with Crippen LogP contribution in [0.15, 0.2) is 60.2 Å². The summed E-state index contributed by atoms with van der Waals surface area (Å²) in [6.45, 7) is 6.21. The normalized spacial score (nSPS) is 13.3. The lowest BCUT2D eigenvalue weighted by molar-refractivity contribution is -0.136. The molecular weight excluding hydrogens is 430 g/mol. The molecule has 180 valence electrons. The Morgan fingerprint density at radius 3 is 2.50 bits per heavy atom. The van der Waals surface area contributed by atoms with Gasteiger partial charge in [0.05, 0.1) is 19.4 Å². The molecule has 0 unspecified atom stereocenters. The van der Waals surface area contributed by atoms with Gasteiger partial charge in [-0.05, 0) is 72.9 Å². The molecule has 1 aliphatic heterocycles. The average Bonchev–Trinajstić information content (AvgIpc) is 3.05. The summed E-state index contributed by atoms with van der Waals surface area (Å²) in [5.41, 5.74) is 4.11. The van der Waals surface area contributed by atoms with Gasteiger partial charge in [-0.1, -0.05) is 37.6 Å². The van der Waals surface area contributed by atoms with Crippen LogP contribution in [0.3, 0.4) is 0 Å². The first-order chi connectivity index (χ1) is 16.6. The van der Waals surface area contributed by atoms with Crippen molar-refractivity contribution in [2.75, 3.05) is 38.4 Å². The zero-order chi connectivity index (χ0) is 24.3. The van der Waals surface area contributed by atoms with Crippen LogP contribution in [0.5, 0.6) is 5.75 Å². The number of esters is 1. The molecular formula is C28H33NO5. The van der Waals surface area contributed by atoms with Gasteiger partial charge in [0.2, 0.25) is 0 Å². The second-order valence-corrected chi connectivity index (χ2v) is 8.01. The largest absolute Gasteiger partial charge is 0.491 e. The topological polar surface area (TPSA) is 65.1 Å². The highest BCUT2D eigenvalue weighted by Crippen LogP contribution is 2.33. The first-order valence-corrected chi connectivity index (χ1v) is 11.8. The van der Waals surface area contributed by atoms with Gasteiger partial charge in [0.1, 0.15) is 12.4 Å². The molecule has 6 nitrogen and oxygen atoms in total. The third-order valence-corrected chi connectivity index (χ3v) is 5.60. The number of hydrogen-bond donors (Lipinski definition) is 0. The molecule has 0 atom stereocenters. The predicted molar refractivity (Wildman–Crippen MR) is 135 cm³/mol. The Morgan fingerprint density at radius 1 is 1.03 bits per heavy atom. The molecule has 1 heterocycles. The van der Waals surface area contributed by atoms with E-state index in [1.54, 1.807) is 11.0 Å². The van der Waals surface area contributed by atoms with Gasteiger partial charge >= 0.3 is 5.97 Å². The minimum atomic E-state index is -0.378. The molecule has 6 heteroatoms. The zero-order valence-corrected chi connectivity index (χ0v) is 20.2. The summed E-state index contributed by atoms with van der Waals surface area (Å²) in [5, 5.41) is 0. The molecule has 0 saturated heterocycles. The van der Waals surface area contributed by atoms with Crippen molar-refractivity contribution in [1.82, 2.24) is 0 Å². The van der Waals surface area contributed by atoms with E-state index in [1.165, 1.54) is 13.2 Å². The average molecular weight is 464 g/mol. The van der Waals surface area contributed by atoms with Gasteiger partial charge in [0.25, 0.3) is 5.91 Å². The quantitative estimate of drug-likeness (QED) is 0.267. The molecule has 0 radical (unpaired) electrons. The molecule has 2 aromatic carbocycles. The highest BCUT2D eigenvalue weighted by molar-refractivity contribution is 6.05. The van der Waals surface area contributed by atoms with Crippen molar-refractivity contribution in [2.24, 2.45) is 0 Å². The fraction of sp³-hybridized carbons (Fsp3) is 0.357. The summed E-state index contributed by atoms with van der Waals surface area (Å²) >= 11 is 0. The van der Waals surface area contributed by atoms with Gasteiger partial charge in [-0.25, -0.2) is 4.79 Å². The molecule has 34 heavy (non-hydrogen) atoms. The molecule has 0 saturated carbocycles. The Hall–Kier alpha value is -3.38. The van der Waals surface area contributed by atoms with Crippen LogP contribution in [-0.4, -0.2) is 45.4 Å². The van der Waals surface area contributed by atoms with Crippen molar-refractivity contribution in [3.05, 3.63) is 65.8 Å². The number of nitrogens with zero attached hydrogens (tertiary/aromatic N) is 1. The highest BCUT2D eigenvalue weighted by atomic mass is 16.5. The molecule has 0 aromatic heterocycles. The van der Waals surface area contributed by atoms with E-state index in [0.717, 1.165) is 47.6 Å². The highest BCUT2D eigenvalue weighted by Gasteiger charge is 2.23. The summed E-state index contributed by atoms with van der Waals surface area (Å²) in [7, 11) is 1.37. The number of hydrogen-bond acceptors (Lipinski definition) is 5. The second kappa shape index (κ2) is 12.8. The molecule has 1 aliphatic rings. The number of carbonyl (C=O) groups is 2. The molecule has 0 spiro atoms. The minimum Gasteiger partial charge on any atom is -0.491 e. The minimum absolute atomic E-state index is 0.115. The number of ether oxygens (including phenoxy) is 3. The summed E-state index contributed by atoms with van der Waals surface area (Å²) in [6.07, 6.45) is 7.69. The van der Waals surface area contributed by atoms with Crippen LogP contribution in [0.1, 0.15) is 38.7 Å². The lowest BCUT2D eigenvalue weighted by Crippen LogP contribution is -2.30. The summed E-state index contributed by atoms with van der Waals surface area (Å²) < 4.78 is 16.2. The van der Waals surface area contributed by atoms with E-state index in [0.29, 0.717) is 31.8 Å². The van der Waals surface area contributed by atoms with E-state index >= 15 is 0 Å². The molecule has 3 rings (SSSR count). The first-order valence-electron chi connectivity index (χ1n) is 11.8. The van der Waals surface area contributed by atoms with Crippen LogP contribution in [0.25, 0.3) is 17.2 Å². The van der Waals surface area contributed by atoms with Crippen molar-refractivity contribution in [3.8, 4) is 16.9 Å². The molecule has 2 aromatic rings. The zero-order valence-electron chi connectivity index (χ0n) is 20.2. The lowest BCUT2D eigenvalue weighted by atomic mass is 10.00. The monoisotopic (exact) mass is 463 g/mol. The van der Waals surface area contributed by atoms with Crippen molar-refractivity contribution >= 4 is 23.6 Å². The molecule has 1 amide bonds. The molecule has 0 aliphatic carbocycles. The Kier molecular flexibility index (Phi) is 9.47. The van der Waals surface area contributed by atoms with Gasteiger partial charge < -0.3 is 19.1 Å². The van der Waals surface area contributed by atoms with E-state index in [-0.39, 0.29) is 11.9 Å². The van der Waals surface area contributed by atoms with Crippen molar-refractivity contribution < 1.29 is 23.8 Å². The van der Waals surface area contributed by atoms with Crippen molar-refractivity contribution in [1.29, 1.82) is 0 Å². The van der Waals surface area contributed by atoms with Crippen LogP contribution < -0.4 is 9.64 Å². The van der Waals surface area contributed by atoms with Crippen molar-refractivity contribution in [3.63, 3.8) is 0 Å². The van der Waals surface area contributed by atoms with Gasteiger partial charge in [-0.3, -0.25) is 4.79 Å². The summed E-state index contributed by atoms with van der Waals surface area (Å²) in [6, 6.07) is 13.8. The Bertz CT molecular complexity index is 1040. The molecule has 0 bridgehead atoms. The van der Waals surface area contributed by atoms with Gasteiger partial charge in [0.15, 0.2) is 0 Å². The van der Waals surface area contributed by atoms with E-state index in [2.05, 4.69) is 6.92 Å². The predicted octanol–water partition coefficient (Wildman–Crippen LogP) is 5.42. The Labute approximate surface area is 201 Å². The van der Waals surface area contributed by atoms with E-state index < -0.39 is 0 Å². The number of unbranched alkanes of at least 4 members (excludes halogenated alkanes) is 1. The van der Waals surface area contributed by atoms with E-state index in [9.17, 15) is 9.59 Å². The number of carbonyl (C=O) groups excluding carboxylic acids is 2. The van der Waals surface area contributed by atoms with Crippen LogP contribution in [0, 0.1) is 0 Å². The van der Waals surface area contributed by atoms with E-state index in [1.807, 2.05) is 55.5 Å². The van der Waals surface area contributed by atoms with Crippen molar-refractivity contribution in [2.45, 2.75) is 33.1 Å². The number of anilines is 1. The fourth-order valence-electron chi connectivity index (χ4n) is 3.77.